The van der Waals surface area contributed by atoms with Crippen molar-refractivity contribution in [1.82, 2.24) is 4.98 Å². The summed E-state index contributed by atoms with van der Waals surface area (Å²) in [7, 11) is 0. The molecule has 1 aromatic heterocycles. The van der Waals surface area contributed by atoms with E-state index in [1.807, 2.05) is 24.4 Å². The Bertz CT molecular complexity index is 370. The number of pyridine rings is 1. The molecule has 0 amide bonds. The summed E-state index contributed by atoms with van der Waals surface area (Å²) in [6.45, 7) is 5.82. The monoisotopic (exact) mass is 262 g/mol. The molecule has 1 aliphatic carbocycles. The van der Waals surface area contributed by atoms with E-state index < -0.39 is 0 Å². The highest BCUT2D eigenvalue weighted by Gasteiger charge is 2.35. The molecule has 19 heavy (non-hydrogen) atoms. The largest absolute Gasteiger partial charge is 0.367 e. The first kappa shape index (κ1) is 14.5. The molecule has 0 spiro atoms. The van der Waals surface area contributed by atoms with E-state index in [0.29, 0.717) is 13.2 Å². The van der Waals surface area contributed by atoms with Crippen LogP contribution in [0.3, 0.4) is 0 Å². The number of aromatic nitrogens is 1. The molecule has 0 atom stereocenters. The summed E-state index contributed by atoms with van der Waals surface area (Å²) in [5.41, 5.74) is 6.84. The number of nitrogens with zero attached hydrogens (tertiary/aromatic N) is 1. The summed E-state index contributed by atoms with van der Waals surface area (Å²) in [6, 6.07) is 5.93. The summed E-state index contributed by atoms with van der Waals surface area (Å²) in [4.78, 5) is 4.31. The van der Waals surface area contributed by atoms with Crippen LogP contribution in [0.2, 0.25) is 0 Å². The van der Waals surface area contributed by atoms with Gasteiger partial charge in [0, 0.05) is 12.7 Å². The van der Waals surface area contributed by atoms with Gasteiger partial charge in [0.05, 0.1) is 17.9 Å². The van der Waals surface area contributed by atoms with Gasteiger partial charge in [0.1, 0.15) is 0 Å². The van der Waals surface area contributed by atoms with Crippen LogP contribution < -0.4 is 5.73 Å². The van der Waals surface area contributed by atoms with Crippen LogP contribution in [0.4, 0.5) is 0 Å². The molecule has 1 fully saturated rings. The number of rotatable bonds is 5. The Balaban J connectivity index is 1.90. The van der Waals surface area contributed by atoms with Gasteiger partial charge in [0.2, 0.25) is 0 Å². The van der Waals surface area contributed by atoms with Crippen molar-refractivity contribution in [2.75, 3.05) is 6.54 Å². The Morgan fingerprint density at radius 1 is 1.37 bits per heavy atom. The lowest BCUT2D eigenvalue weighted by atomic mass is 9.74. The van der Waals surface area contributed by atoms with E-state index in [9.17, 15) is 0 Å². The Morgan fingerprint density at radius 3 is 2.63 bits per heavy atom. The minimum absolute atomic E-state index is 0.122. The molecule has 2 rings (SSSR count). The lowest BCUT2D eigenvalue weighted by Gasteiger charge is -2.40. The minimum atomic E-state index is -0.122. The molecule has 106 valence electrons. The third-order valence-electron chi connectivity index (χ3n) is 4.51. The predicted molar refractivity (Wildman–Crippen MR) is 77.6 cm³/mol. The third-order valence-corrected chi connectivity index (χ3v) is 4.51. The second-order valence-corrected chi connectivity index (χ2v) is 6.08. The fourth-order valence-electron chi connectivity index (χ4n) is 2.95. The molecule has 1 aliphatic rings. The standard InChI is InChI=1S/C16H26N2O/c1-13(2)14-6-8-16(12-17,9-7-14)19-11-15-5-3-4-10-18-15/h3-5,10,13-14H,6-9,11-12,17H2,1-2H3. The van der Waals surface area contributed by atoms with Gasteiger partial charge in [0.15, 0.2) is 0 Å². The van der Waals surface area contributed by atoms with Gasteiger partial charge in [-0.3, -0.25) is 4.98 Å². The summed E-state index contributed by atoms with van der Waals surface area (Å²) in [5.74, 6) is 1.60. The van der Waals surface area contributed by atoms with Gasteiger partial charge in [-0.15, -0.1) is 0 Å². The maximum atomic E-state index is 6.15. The van der Waals surface area contributed by atoms with Crippen molar-refractivity contribution < 1.29 is 4.74 Å². The average molecular weight is 262 g/mol. The Kier molecular flexibility index (Phi) is 4.94. The quantitative estimate of drug-likeness (QED) is 0.886. The van der Waals surface area contributed by atoms with E-state index in [-0.39, 0.29) is 5.60 Å². The van der Waals surface area contributed by atoms with Crippen LogP contribution in [0.15, 0.2) is 24.4 Å². The summed E-state index contributed by atoms with van der Waals surface area (Å²) in [6.07, 6.45) is 6.44. The van der Waals surface area contributed by atoms with Crippen LogP contribution in [0.25, 0.3) is 0 Å². The van der Waals surface area contributed by atoms with Gasteiger partial charge in [-0.2, -0.15) is 0 Å². The van der Waals surface area contributed by atoms with Crippen LogP contribution in [0.1, 0.15) is 45.2 Å². The fourth-order valence-corrected chi connectivity index (χ4v) is 2.95. The summed E-state index contributed by atoms with van der Waals surface area (Å²) < 4.78 is 6.15. The molecule has 0 radical (unpaired) electrons. The van der Waals surface area contributed by atoms with E-state index in [2.05, 4.69) is 18.8 Å². The zero-order valence-corrected chi connectivity index (χ0v) is 12.1. The van der Waals surface area contributed by atoms with Crippen LogP contribution >= 0.6 is 0 Å². The zero-order valence-electron chi connectivity index (χ0n) is 12.1. The molecule has 1 aromatic rings. The third kappa shape index (κ3) is 3.77. The van der Waals surface area contributed by atoms with Gasteiger partial charge in [-0.25, -0.2) is 0 Å². The average Bonchev–Trinajstić information content (AvgIpc) is 2.46. The second-order valence-electron chi connectivity index (χ2n) is 6.08. The maximum Gasteiger partial charge on any atom is 0.0896 e. The normalized spacial score (nSPS) is 27.7. The topological polar surface area (TPSA) is 48.1 Å². The molecule has 0 aliphatic heterocycles. The van der Waals surface area contributed by atoms with E-state index in [4.69, 9.17) is 10.5 Å². The molecule has 3 heteroatoms. The zero-order chi connectivity index (χ0) is 13.7. The van der Waals surface area contributed by atoms with Gasteiger partial charge < -0.3 is 10.5 Å². The number of ether oxygens (including phenoxy) is 1. The molecular formula is C16H26N2O. The van der Waals surface area contributed by atoms with Crippen molar-refractivity contribution >= 4 is 0 Å². The van der Waals surface area contributed by atoms with Gasteiger partial charge >= 0.3 is 0 Å². The van der Waals surface area contributed by atoms with Gasteiger partial charge in [-0.1, -0.05) is 19.9 Å². The highest BCUT2D eigenvalue weighted by Crippen LogP contribution is 2.37. The molecule has 2 N–H and O–H groups in total. The van der Waals surface area contributed by atoms with Crippen molar-refractivity contribution in [2.45, 2.75) is 51.7 Å². The maximum absolute atomic E-state index is 6.15. The van der Waals surface area contributed by atoms with E-state index in [1.165, 1.54) is 12.8 Å². The van der Waals surface area contributed by atoms with Crippen molar-refractivity contribution in [3.05, 3.63) is 30.1 Å². The van der Waals surface area contributed by atoms with Crippen molar-refractivity contribution in [3.63, 3.8) is 0 Å². The smallest absolute Gasteiger partial charge is 0.0896 e. The lowest BCUT2D eigenvalue weighted by Crippen LogP contribution is -2.44. The molecule has 3 nitrogen and oxygen atoms in total. The Labute approximate surface area is 116 Å². The molecule has 0 bridgehead atoms. The Morgan fingerprint density at radius 2 is 2.11 bits per heavy atom. The number of hydrogen-bond donors (Lipinski definition) is 1. The van der Waals surface area contributed by atoms with Crippen LogP contribution in [0, 0.1) is 11.8 Å². The molecule has 1 saturated carbocycles. The second kappa shape index (κ2) is 6.49. The van der Waals surface area contributed by atoms with Crippen molar-refractivity contribution in [3.8, 4) is 0 Å². The number of hydrogen-bond acceptors (Lipinski definition) is 3. The molecule has 1 heterocycles. The van der Waals surface area contributed by atoms with Crippen LogP contribution in [0.5, 0.6) is 0 Å². The molecule has 0 saturated heterocycles. The van der Waals surface area contributed by atoms with E-state index in [1.54, 1.807) is 0 Å². The number of nitrogens with two attached hydrogens (primary N) is 1. The fraction of sp³-hybridized carbons (Fsp3) is 0.688. The van der Waals surface area contributed by atoms with Crippen LogP contribution in [-0.4, -0.2) is 17.1 Å². The summed E-state index contributed by atoms with van der Waals surface area (Å²) in [5, 5.41) is 0. The van der Waals surface area contributed by atoms with Gasteiger partial charge in [-0.05, 0) is 49.7 Å². The first-order valence-electron chi connectivity index (χ1n) is 7.39. The lowest BCUT2D eigenvalue weighted by molar-refractivity contribution is -0.0850. The Hall–Kier alpha value is -0.930. The first-order valence-corrected chi connectivity index (χ1v) is 7.39. The van der Waals surface area contributed by atoms with Crippen LogP contribution in [-0.2, 0) is 11.3 Å². The molecule has 0 unspecified atom stereocenters. The van der Waals surface area contributed by atoms with E-state index >= 15 is 0 Å². The highest BCUT2D eigenvalue weighted by atomic mass is 16.5. The highest BCUT2D eigenvalue weighted by molar-refractivity contribution is 5.02. The molecular weight excluding hydrogens is 236 g/mol. The van der Waals surface area contributed by atoms with E-state index in [0.717, 1.165) is 30.4 Å². The predicted octanol–water partition coefficient (Wildman–Crippen LogP) is 3.14. The summed E-state index contributed by atoms with van der Waals surface area (Å²) >= 11 is 0. The minimum Gasteiger partial charge on any atom is -0.367 e. The van der Waals surface area contributed by atoms with Crippen molar-refractivity contribution in [1.29, 1.82) is 0 Å². The first-order chi connectivity index (χ1) is 9.15. The van der Waals surface area contributed by atoms with Gasteiger partial charge in [0.25, 0.3) is 0 Å². The molecule has 0 aromatic carbocycles. The SMILES string of the molecule is CC(C)C1CCC(CN)(OCc2ccccn2)CC1. The van der Waals surface area contributed by atoms with Crippen molar-refractivity contribution in [2.24, 2.45) is 17.6 Å².